The summed E-state index contributed by atoms with van der Waals surface area (Å²) in [6, 6.07) is 6.08. The van der Waals surface area contributed by atoms with Crippen molar-refractivity contribution in [3.63, 3.8) is 0 Å². The highest BCUT2D eigenvalue weighted by molar-refractivity contribution is 5.99. The highest BCUT2D eigenvalue weighted by Crippen LogP contribution is 2.25. The standard InChI is InChI=1S/C25H31N5O5/c1-13(2)22(24(32)26-5)29-23(31)21-7-6-20(35-21)18-9-17-16(10-27-18)8-19(28-17)25(33)30-11-14(3)34-15(4)12-30/h6-10,13-15,22,28H,11-12H2,1-5H3,(H,26,32)(H,29,31)/t14?,15?,22-/m0/s1. The van der Waals surface area contributed by atoms with Gasteiger partial charge in [-0.3, -0.25) is 19.4 Å². The number of hydrogen-bond acceptors (Lipinski definition) is 6. The Labute approximate surface area is 203 Å². The number of likely N-dealkylation sites (N-methyl/N-ethyl adjacent to an activating group) is 1. The molecule has 0 radical (unpaired) electrons. The first-order valence-electron chi connectivity index (χ1n) is 11.7. The zero-order valence-corrected chi connectivity index (χ0v) is 20.5. The summed E-state index contributed by atoms with van der Waals surface area (Å²) in [7, 11) is 1.53. The number of hydrogen-bond donors (Lipinski definition) is 3. The van der Waals surface area contributed by atoms with E-state index in [0.29, 0.717) is 30.2 Å². The molecule has 3 N–H and O–H groups in total. The third kappa shape index (κ3) is 5.22. The van der Waals surface area contributed by atoms with E-state index in [9.17, 15) is 14.4 Å². The predicted molar refractivity (Wildman–Crippen MR) is 130 cm³/mol. The molecule has 3 atom stereocenters. The SMILES string of the molecule is CNC(=O)[C@@H](NC(=O)c1ccc(-c2cc3[nH]c(C(=O)N4CC(C)OC(C)C4)cc3cn2)o1)C(C)C. The third-order valence-electron chi connectivity index (χ3n) is 6.01. The topological polar surface area (TPSA) is 130 Å². The van der Waals surface area contributed by atoms with Crippen molar-refractivity contribution in [1.29, 1.82) is 0 Å². The van der Waals surface area contributed by atoms with Gasteiger partial charge in [-0.1, -0.05) is 13.8 Å². The first kappa shape index (κ1) is 24.5. The molecule has 0 bridgehead atoms. The molecule has 3 amide bonds. The van der Waals surface area contributed by atoms with Crippen molar-refractivity contribution in [3.8, 4) is 11.5 Å². The number of carbonyl (C=O) groups is 3. The fourth-order valence-corrected chi connectivity index (χ4v) is 4.29. The van der Waals surface area contributed by atoms with Gasteiger partial charge in [0.15, 0.2) is 11.5 Å². The Morgan fingerprint density at radius 3 is 2.51 bits per heavy atom. The second kappa shape index (κ2) is 9.91. The molecule has 3 aromatic rings. The maximum absolute atomic E-state index is 13.0. The van der Waals surface area contributed by atoms with E-state index in [2.05, 4.69) is 20.6 Å². The number of rotatable bonds is 6. The molecule has 0 aromatic carbocycles. The monoisotopic (exact) mass is 481 g/mol. The minimum atomic E-state index is -0.678. The highest BCUT2D eigenvalue weighted by Gasteiger charge is 2.28. The highest BCUT2D eigenvalue weighted by atomic mass is 16.5. The van der Waals surface area contributed by atoms with Gasteiger partial charge in [-0.05, 0) is 44.0 Å². The molecule has 1 fully saturated rings. The maximum Gasteiger partial charge on any atom is 0.287 e. The van der Waals surface area contributed by atoms with Gasteiger partial charge in [-0.25, -0.2) is 0 Å². The van der Waals surface area contributed by atoms with Crippen molar-refractivity contribution in [3.05, 3.63) is 41.9 Å². The lowest BCUT2D eigenvalue weighted by Gasteiger charge is -2.35. The summed E-state index contributed by atoms with van der Waals surface area (Å²) < 4.78 is 11.5. The number of pyridine rings is 1. The maximum atomic E-state index is 13.0. The van der Waals surface area contributed by atoms with Crippen LogP contribution in [0.4, 0.5) is 0 Å². The molecular formula is C25H31N5O5. The number of morpholine rings is 1. The average Bonchev–Trinajstić information content (AvgIpc) is 3.47. The van der Waals surface area contributed by atoms with Crippen LogP contribution in [0.5, 0.6) is 0 Å². The summed E-state index contributed by atoms with van der Waals surface area (Å²) in [5.74, 6) is -0.457. The number of amides is 3. The van der Waals surface area contributed by atoms with Crippen LogP contribution in [0.15, 0.2) is 34.9 Å². The lowest BCUT2D eigenvalue weighted by molar-refractivity contribution is -0.123. The van der Waals surface area contributed by atoms with Crippen LogP contribution in [0.3, 0.4) is 0 Å². The molecule has 10 heteroatoms. The number of carbonyl (C=O) groups excluding carboxylic acids is 3. The van der Waals surface area contributed by atoms with E-state index >= 15 is 0 Å². The van der Waals surface area contributed by atoms with Crippen molar-refractivity contribution in [2.24, 2.45) is 5.92 Å². The second-order valence-electron chi connectivity index (χ2n) is 9.28. The predicted octanol–water partition coefficient (Wildman–Crippen LogP) is 2.57. The van der Waals surface area contributed by atoms with E-state index in [4.69, 9.17) is 9.15 Å². The largest absolute Gasteiger partial charge is 0.449 e. The molecule has 1 aliphatic heterocycles. The molecule has 10 nitrogen and oxygen atoms in total. The normalized spacial score (nSPS) is 19.1. The van der Waals surface area contributed by atoms with Gasteiger partial charge in [0.25, 0.3) is 11.8 Å². The number of aromatic amines is 1. The van der Waals surface area contributed by atoms with Crippen LogP contribution in [0, 0.1) is 5.92 Å². The molecule has 186 valence electrons. The Bertz CT molecular complexity index is 1240. The van der Waals surface area contributed by atoms with Gasteiger partial charge in [0.2, 0.25) is 5.91 Å². The summed E-state index contributed by atoms with van der Waals surface area (Å²) in [6.45, 7) is 8.69. The van der Waals surface area contributed by atoms with E-state index in [1.807, 2.05) is 27.7 Å². The molecule has 4 heterocycles. The Balaban J connectivity index is 1.52. The molecule has 0 aliphatic carbocycles. The molecule has 1 saturated heterocycles. The number of aromatic nitrogens is 2. The van der Waals surface area contributed by atoms with Crippen LogP contribution in [0.2, 0.25) is 0 Å². The van der Waals surface area contributed by atoms with Crippen LogP contribution < -0.4 is 10.6 Å². The molecule has 35 heavy (non-hydrogen) atoms. The van der Waals surface area contributed by atoms with Gasteiger partial charge in [0, 0.05) is 37.2 Å². The average molecular weight is 482 g/mol. The van der Waals surface area contributed by atoms with Crippen LogP contribution in [0.1, 0.15) is 48.7 Å². The zero-order valence-electron chi connectivity index (χ0n) is 20.5. The van der Waals surface area contributed by atoms with Gasteiger partial charge in [0.05, 0.1) is 12.2 Å². The van der Waals surface area contributed by atoms with E-state index < -0.39 is 11.9 Å². The molecule has 3 aromatic heterocycles. The summed E-state index contributed by atoms with van der Waals surface area (Å²) in [4.78, 5) is 47.1. The van der Waals surface area contributed by atoms with Crippen molar-refractivity contribution >= 4 is 28.6 Å². The molecule has 2 unspecified atom stereocenters. The molecule has 0 saturated carbocycles. The number of nitrogens with one attached hydrogen (secondary N) is 3. The van der Waals surface area contributed by atoms with E-state index in [0.717, 1.165) is 10.9 Å². The molecular weight excluding hydrogens is 450 g/mol. The molecule has 0 spiro atoms. The first-order chi connectivity index (χ1) is 16.7. The number of furan rings is 1. The van der Waals surface area contributed by atoms with Gasteiger partial charge in [-0.2, -0.15) is 0 Å². The number of H-pyrrole nitrogens is 1. The quantitative estimate of drug-likeness (QED) is 0.496. The summed E-state index contributed by atoms with van der Waals surface area (Å²) in [5.41, 5.74) is 1.72. The minimum absolute atomic E-state index is 0.0159. The Kier molecular flexibility index (Phi) is 6.93. The van der Waals surface area contributed by atoms with Gasteiger partial charge >= 0.3 is 0 Å². The van der Waals surface area contributed by atoms with Crippen molar-refractivity contribution in [2.75, 3.05) is 20.1 Å². The van der Waals surface area contributed by atoms with Crippen LogP contribution in [0.25, 0.3) is 22.4 Å². The number of fused-ring (bicyclic) bond motifs is 1. The van der Waals surface area contributed by atoms with E-state index in [-0.39, 0.29) is 35.7 Å². The molecule has 4 rings (SSSR count). The fourth-order valence-electron chi connectivity index (χ4n) is 4.29. The fraction of sp³-hybridized carbons (Fsp3) is 0.440. The van der Waals surface area contributed by atoms with Gasteiger partial charge < -0.3 is 29.7 Å². The van der Waals surface area contributed by atoms with Crippen LogP contribution >= 0.6 is 0 Å². The lowest BCUT2D eigenvalue weighted by Crippen LogP contribution is -2.48. The summed E-state index contributed by atoms with van der Waals surface area (Å²) >= 11 is 0. The summed E-state index contributed by atoms with van der Waals surface area (Å²) in [5, 5.41) is 6.06. The van der Waals surface area contributed by atoms with Gasteiger partial charge in [0.1, 0.15) is 17.4 Å². The smallest absolute Gasteiger partial charge is 0.287 e. The van der Waals surface area contributed by atoms with Crippen molar-refractivity contribution < 1.29 is 23.5 Å². The Morgan fingerprint density at radius 1 is 1.14 bits per heavy atom. The third-order valence-corrected chi connectivity index (χ3v) is 6.01. The van der Waals surface area contributed by atoms with Crippen LogP contribution in [-0.2, 0) is 9.53 Å². The second-order valence-corrected chi connectivity index (χ2v) is 9.28. The van der Waals surface area contributed by atoms with Crippen molar-refractivity contribution in [2.45, 2.75) is 45.9 Å². The lowest BCUT2D eigenvalue weighted by atomic mass is 10.0. The Hall–Kier alpha value is -3.66. The van der Waals surface area contributed by atoms with Crippen molar-refractivity contribution in [1.82, 2.24) is 25.5 Å². The first-order valence-corrected chi connectivity index (χ1v) is 11.7. The molecule has 1 aliphatic rings. The summed E-state index contributed by atoms with van der Waals surface area (Å²) in [6.07, 6.45) is 1.63. The zero-order chi connectivity index (χ0) is 25.3. The number of ether oxygens (including phenoxy) is 1. The Morgan fingerprint density at radius 2 is 1.86 bits per heavy atom. The minimum Gasteiger partial charge on any atom is -0.449 e. The number of nitrogens with zero attached hydrogens (tertiary/aromatic N) is 2. The van der Waals surface area contributed by atoms with E-state index in [1.54, 1.807) is 35.4 Å². The van der Waals surface area contributed by atoms with Gasteiger partial charge in [-0.15, -0.1) is 0 Å². The van der Waals surface area contributed by atoms with Crippen LogP contribution in [-0.4, -0.2) is 71.0 Å². The van der Waals surface area contributed by atoms with E-state index in [1.165, 1.54) is 7.05 Å².